The molecule has 28 heavy (non-hydrogen) atoms. The summed E-state index contributed by atoms with van der Waals surface area (Å²) < 4.78 is 13.4. The SMILES string of the molecule is CCOc1ccc(Br)cc1[C@H]1Oc2ccccc2[C@@H]2CC(c3cccs3)=NN12. The number of thiophene rings is 1. The summed E-state index contributed by atoms with van der Waals surface area (Å²) in [5.74, 6) is 1.74. The van der Waals surface area contributed by atoms with Gasteiger partial charge in [0.05, 0.1) is 28.8 Å². The highest BCUT2D eigenvalue weighted by atomic mass is 79.9. The number of hydrazone groups is 1. The summed E-state index contributed by atoms with van der Waals surface area (Å²) in [5, 5.41) is 9.20. The second-order valence-electron chi connectivity index (χ2n) is 6.75. The van der Waals surface area contributed by atoms with E-state index < -0.39 is 0 Å². The lowest BCUT2D eigenvalue weighted by Crippen LogP contribution is -2.34. The largest absolute Gasteiger partial charge is 0.493 e. The summed E-state index contributed by atoms with van der Waals surface area (Å²) in [4.78, 5) is 1.21. The summed E-state index contributed by atoms with van der Waals surface area (Å²) in [6, 6.07) is 18.7. The Morgan fingerprint density at radius 3 is 2.89 bits per heavy atom. The second kappa shape index (κ2) is 7.26. The molecule has 0 N–H and O–H groups in total. The number of halogens is 1. The molecule has 0 unspecified atom stereocenters. The monoisotopic (exact) mass is 454 g/mol. The number of hydrogen-bond donors (Lipinski definition) is 0. The lowest BCUT2D eigenvalue weighted by Gasteiger charge is -2.38. The van der Waals surface area contributed by atoms with E-state index in [4.69, 9.17) is 14.6 Å². The number of nitrogens with zero attached hydrogens (tertiary/aromatic N) is 2. The molecule has 0 aliphatic carbocycles. The van der Waals surface area contributed by atoms with Gasteiger partial charge in [0, 0.05) is 16.5 Å². The van der Waals surface area contributed by atoms with Crippen molar-refractivity contribution in [3.63, 3.8) is 0 Å². The number of hydrogen-bond acceptors (Lipinski definition) is 5. The van der Waals surface area contributed by atoms with Gasteiger partial charge in [0.15, 0.2) is 0 Å². The topological polar surface area (TPSA) is 34.1 Å². The van der Waals surface area contributed by atoms with Gasteiger partial charge >= 0.3 is 0 Å². The van der Waals surface area contributed by atoms with Gasteiger partial charge in [0.2, 0.25) is 6.23 Å². The van der Waals surface area contributed by atoms with Gasteiger partial charge in [-0.25, -0.2) is 5.01 Å². The number of ether oxygens (including phenoxy) is 2. The van der Waals surface area contributed by atoms with Crippen LogP contribution >= 0.6 is 27.3 Å². The Bertz CT molecular complexity index is 1030. The van der Waals surface area contributed by atoms with E-state index in [2.05, 4.69) is 56.7 Å². The van der Waals surface area contributed by atoms with Crippen molar-refractivity contribution in [3.8, 4) is 11.5 Å². The third kappa shape index (κ3) is 3.01. The highest BCUT2D eigenvalue weighted by Gasteiger charge is 2.42. The maximum absolute atomic E-state index is 6.46. The van der Waals surface area contributed by atoms with Crippen LogP contribution in [0.3, 0.4) is 0 Å². The van der Waals surface area contributed by atoms with Crippen LogP contribution in [0.1, 0.15) is 41.6 Å². The molecule has 0 bridgehead atoms. The fourth-order valence-corrected chi connectivity index (χ4v) is 4.93. The predicted octanol–water partition coefficient (Wildman–Crippen LogP) is 6.15. The molecule has 6 heteroatoms. The zero-order valence-electron chi connectivity index (χ0n) is 15.3. The van der Waals surface area contributed by atoms with Gasteiger partial charge in [-0.2, -0.15) is 5.10 Å². The molecule has 0 amide bonds. The van der Waals surface area contributed by atoms with Gasteiger partial charge in [-0.15, -0.1) is 11.3 Å². The van der Waals surface area contributed by atoms with Crippen molar-refractivity contribution >= 4 is 33.0 Å². The Hall–Kier alpha value is -2.31. The maximum Gasteiger partial charge on any atom is 0.217 e. The first-order chi connectivity index (χ1) is 13.7. The van der Waals surface area contributed by atoms with Crippen molar-refractivity contribution in [3.05, 3.63) is 80.5 Å². The molecule has 2 atom stereocenters. The van der Waals surface area contributed by atoms with E-state index in [0.29, 0.717) is 6.61 Å². The summed E-state index contributed by atoms with van der Waals surface area (Å²) in [7, 11) is 0. The average molecular weight is 455 g/mol. The zero-order valence-corrected chi connectivity index (χ0v) is 17.7. The number of rotatable bonds is 4. The van der Waals surface area contributed by atoms with Crippen LogP contribution in [0.25, 0.3) is 0 Å². The Kier molecular flexibility index (Phi) is 4.61. The van der Waals surface area contributed by atoms with E-state index in [1.165, 1.54) is 10.4 Å². The predicted molar refractivity (Wildman–Crippen MR) is 115 cm³/mol. The van der Waals surface area contributed by atoms with E-state index in [0.717, 1.165) is 33.7 Å². The van der Waals surface area contributed by atoms with Crippen LogP contribution in [0.4, 0.5) is 0 Å². The molecule has 1 aromatic heterocycles. The molecule has 3 aromatic rings. The summed E-state index contributed by atoms with van der Waals surface area (Å²) >= 11 is 5.33. The Morgan fingerprint density at radius 1 is 1.18 bits per heavy atom. The third-order valence-corrected chi connectivity index (χ3v) is 6.45. The van der Waals surface area contributed by atoms with Crippen LogP contribution in [-0.2, 0) is 0 Å². The summed E-state index contributed by atoms with van der Waals surface area (Å²) in [6.45, 7) is 2.60. The van der Waals surface area contributed by atoms with Gasteiger partial charge in [0.1, 0.15) is 11.5 Å². The summed E-state index contributed by atoms with van der Waals surface area (Å²) in [5.41, 5.74) is 3.27. The first-order valence-corrected chi connectivity index (χ1v) is 11.0. The standard InChI is InChI=1S/C22H19BrN2O2S/c1-2-26-19-10-9-14(23)12-16(19)22-25-18(15-6-3-4-7-20(15)27-22)13-17(24-25)21-8-5-11-28-21/h3-12,18,22H,2,13H2,1H3/t18-,22+/m0/s1. The van der Waals surface area contributed by atoms with E-state index >= 15 is 0 Å². The highest BCUT2D eigenvalue weighted by Crippen LogP contribution is 2.49. The number of fused-ring (bicyclic) bond motifs is 3. The summed E-state index contributed by atoms with van der Waals surface area (Å²) in [6.07, 6.45) is 0.534. The van der Waals surface area contributed by atoms with Crippen molar-refractivity contribution in [2.45, 2.75) is 25.6 Å². The van der Waals surface area contributed by atoms with Crippen LogP contribution in [0, 0.1) is 0 Å². The van der Waals surface area contributed by atoms with Crippen LogP contribution in [0.15, 0.2) is 69.6 Å². The molecule has 0 spiro atoms. The quantitative estimate of drug-likeness (QED) is 0.473. The Morgan fingerprint density at radius 2 is 2.07 bits per heavy atom. The van der Waals surface area contributed by atoms with Gasteiger partial charge in [0.25, 0.3) is 0 Å². The minimum Gasteiger partial charge on any atom is -0.493 e. The molecule has 2 aromatic carbocycles. The first kappa shape index (κ1) is 17.8. The van der Waals surface area contributed by atoms with Crippen molar-refractivity contribution in [2.24, 2.45) is 5.10 Å². The average Bonchev–Trinajstić information content (AvgIpc) is 3.39. The smallest absolute Gasteiger partial charge is 0.217 e. The molecule has 0 radical (unpaired) electrons. The molecule has 4 nitrogen and oxygen atoms in total. The van der Waals surface area contributed by atoms with Crippen LogP contribution in [0.5, 0.6) is 11.5 Å². The minimum atomic E-state index is -0.337. The lowest BCUT2D eigenvalue weighted by atomic mass is 9.97. The van der Waals surface area contributed by atoms with Gasteiger partial charge in [-0.3, -0.25) is 0 Å². The fourth-order valence-electron chi connectivity index (χ4n) is 3.83. The number of para-hydroxylation sites is 1. The van der Waals surface area contributed by atoms with E-state index in [-0.39, 0.29) is 12.3 Å². The normalized spacial score (nSPS) is 20.2. The molecule has 2 aliphatic heterocycles. The van der Waals surface area contributed by atoms with Gasteiger partial charge in [-0.1, -0.05) is 40.2 Å². The van der Waals surface area contributed by atoms with Gasteiger partial charge < -0.3 is 9.47 Å². The van der Waals surface area contributed by atoms with Crippen LogP contribution < -0.4 is 9.47 Å². The molecule has 2 aliphatic rings. The van der Waals surface area contributed by atoms with Crippen LogP contribution in [0.2, 0.25) is 0 Å². The van der Waals surface area contributed by atoms with Crippen molar-refractivity contribution in [2.75, 3.05) is 6.61 Å². The highest BCUT2D eigenvalue weighted by molar-refractivity contribution is 9.10. The molecule has 0 fully saturated rings. The van der Waals surface area contributed by atoms with E-state index in [9.17, 15) is 0 Å². The van der Waals surface area contributed by atoms with Gasteiger partial charge in [-0.05, 0) is 42.6 Å². The van der Waals surface area contributed by atoms with E-state index in [1.807, 2.05) is 31.2 Å². The minimum absolute atomic E-state index is 0.153. The molecule has 3 heterocycles. The molecule has 0 saturated carbocycles. The third-order valence-electron chi connectivity index (χ3n) is 5.04. The van der Waals surface area contributed by atoms with E-state index in [1.54, 1.807) is 11.3 Å². The fraction of sp³-hybridized carbons (Fsp3) is 0.227. The molecular weight excluding hydrogens is 436 g/mol. The van der Waals surface area contributed by atoms with Crippen molar-refractivity contribution < 1.29 is 9.47 Å². The first-order valence-electron chi connectivity index (χ1n) is 9.32. The molecule has 5 rings (SSSR count). The molecular formula is C22H19BrN2O2S. The zero-order chi connectivity index (χ0) is 19.1. The van der Waals surface area contributed by atoms with Crippen LogP contribution in [-0.4, -0.2) is 17.3 Å². The van der Waals surface area contributed by atoms with Crippen molar-refractivity contribution in [1.82, 2.24) is 5.01 Å². The lowest BCUT2D eigenvalue weighted by molar-refractivity contribution is -0.0206. The number of benzene rings is 2. The second-order valence-corrected chi connectivity index (χ2v) is 8.61. The molecule has 142 valence electrons. The Balaban J connectivity index is 1.63. The Labute approximate surface area is 176 Å². The van der Waals surface area contributed by atoms with Crippen molar-refractivity contribution in [1.29, 1.82) is 0 Å². The maximum atomic E-state index is 6.46. The molecule has 0 saturated heterocycles.